The molecule has 1 unspecified atom stereocenters. The second kappa shape index (κ2) is 8.11. The Morgan fingerprint density at radius 3 is 2.50 bits per heavy atom. The van der Waals surface area contributed by atoms with Gasteiger partial charge in [-0.15, -0.1) is 0 Å². The maximum Gasteiger partial charge on any atom is 0.0513 e. The van der Waals surface area contributed by atoms with E-state index in [0.717, 1.165) is 4.47 Å². The largest absolute Gasteiger partial charge is 0.378 e. The van der Waals surface area contributed by atoms with Gasteiger partial charge in [0.25, 0.3) is 0 Å². The summed E-state index contributed by atoms with van der Waals surface area (Å²) >= 11 is 3.53. The van der Waals surface area contributed by atoms with Gasteiger partial charge in [-0.05, 0) is 30.2 Å². The molecule has 2 aromatic carbocycles. The van der Waals surface area contributed by atoms with Crippen LogP contribution in [0.2, 0.25) is 0 Å². The van der Waals surface area contributed by atoms with Crippen LogP contribution < -0.4 is 5.32 Å². The molecule has 0 aromatic heterocycles. The van der Waals surface area contributed by atoms with Gasteiger partial charge in [0.05, 0.1) is 6.04 Å². The van der Waals surface area contributed by atoms with E-state index in [-0.39, 0.29) is 0 Å². The number of hydrogen-bond acceptors (Lipinski definition) is 1. The Kier molecular flexibility index (Phi) is 6.13. The van der Waals surface area contributed by atoms with E-state index >= 15 is 0 Å². The minimum absolute atomic E-state index is 0.386. The lowest BCUT2D eigenvalue weighted by molar-refractivity contribution is 0.606. The van der Waals surface area contributed by atoms with Crippen molar-refractivity contribution in [3.05, 3.63) is 64.6 Å². The van der Waals surface area contributed by atoms with Gasteiger partial charge in [0.15, 0.2) is 0 Å². The molecule has 0 fully saturated rings. The molecule has 1 atom stereocenters. The standard InChI is InChI=1S/C18H22BrN/c1-2-3-5-13-18(15-9-6-4-7-10-15)20-17-12-8-11-16(19)14-17/h4,6-12,14,18,20H,2-3,5,13H2,1H3. The third-order valence-electron chi connectivity index (χ3n) is 3.46. The Morgan fingerprint density at radius 1 is 1.00 bits per heavy atom. The lowest BCUT2D eigenvalue weighted by atomic mass is 10.00. The van der Waals surface area contributed by atoms with E-state index in [9.17, 15) is 0 Å². The summed E-state index contributed by atoms with van der Waals surface area (Å²) in [5, 5.41) is 3.67. The predicted octanol–water partition coefficient (Wildman–Crippen LogP) is 6.18. The van der Waals surface area contributed by atoms with Crippen molar-refractivity contribution in [3.63, 3.8) is 0 Å². The van der Waals surface area contributed by atoms with Crippen LogP contribution in [0, 0.1) is 0 Å². The quantitative estimate of drug-likeness (QED) is 0.597. The Morgan fingerprint density at radius 2 is 1.80 bits per heavy atom. The molecule has 0 aliphatic rings. The lowest BCUT2D eigenvalue weighted by Gasteiger charge is -2.20. The molecule has 0 aliphatic heterocycles. The molecule has 2 rings (SSSR count). The molecule has 20 heavy (non-hydrogen) atoms. The Labute approximate surface area is 130 Å². The van der Waals surface area contributed by atoms with E-state index in [1.165, 1.54) is 36.9 Å². The van der Waals surface area contributed by atoms with Gasteiger partial charge in [-0.3, -0.25) is 0 Å². The lowest BCUT2D eigenvalue weighted by Crippen LogP contribution is -2.10. The summed E-state index contributed by atoms with van der Waals surface area (Å²) in [6.45, 7) is 2.25. The monoisotopic (exact) mass is 331 g/mol. The molecule has 0 spiro atoms. The van der Waals surface area contributed by atoms with Crippen LogP contribution in [0.25, 0.3) is 0 Å². The van der Waals surface area contributed by atoms with Crippen LogP contribution in [0.1, 0.15) is 44.2 Å². The highest BCUT2D eigenvalue weighted by Crippen LogP contribution is 2.26. The summed E-state index contributed by atoms with van der Waals surface area (Å²) < 4.78 is 1.11. The van der Waals surface area contributed by atoms with Crippen LogP contribution in [-0.4, -0.2) is 0 Å². The van der Waals surface area contributed by atoms with Crippen LogP contribution in [0.15, 0.2) is 59.1 Å². The minimum Gasteiger partial charge on any atom is -0.378 e. The summed E-state index contributed by atoms with van der Waals surface area (Å²) in [5.74, 6) is 0. The predicted molar refractivity (Wildman–Crippen MR) is 91.1 cm³/mol. The molecule has 0 amide bonds. The molecule has 0 heterocycles. The molecule has 0 radical (unpaired) electrons. The molecule has 2 heteroatoms. The molecule has 1 N–H and O–H groups in total. The zero-order chi connectivity index (χ0) is 14.2. The first kappa shape index (κ1) is 15.1. The van der Waals surface area contributed by atoms with E-state index < -0.39 is 0 Å². The topological polar surface area (TPSA) is 12.0 Å². The Hall–Kier alpha value is -1.28. The van der Waals surface area contributed by atoms with Crippen LogP contribution in [0.3, 0.4) is 0 Å². The van der Waals surface area contributed by atoms with Crippen LogP contribution in [0.4, 0.5) is 5.69 Å². The summed E-state index contributed by atoms with van der Waals surface area (Å²) in [4.78, 5) is 0. The zero-order valence-electron chi connectivity index (χ0n) is 12.0. The van der Waals surface area contributed by atoms with Gasteiger partial charge in [0, 0.05) is 10.2 Å². The molecular weight excluding hydrogens is 310 g/mol. The summed E-state index contributed by atoms with van der Waals surface area (Å²) in [6.07, 6.45) is 4.99. The molecule has 2 aromatic rings. The zero-order valence-corrected chi connectivity index (χ0v) is 13.6. The second-order valence-corrected chi connectivity index (χ2v) is 6.03. The first-order valence-corrected chi connectivity index (χ1v) is 8.16. The smallest absolute Gasteiger partial charge is 0.0513 e. The number of anilines is 1. The molecule has 1 nitrogen and oxygen atoms in total. The van der Waals surface area contributed by atoms with Gasteiger partial charge >= 0.3 is 0 Å². The number of unbranched alkanes of at least 4 members (excludes halogenated alkanes) is 2. The molecule has 0 saturated heterocycles. The Balaban J connectivity index is 2.10. The Bertz CT molecular complexity index is 510. The van der Waals surface area contributed by atoms with Crippen molar-refractivity contribution in [2.24, 2.45) is 0 Å². The fourth-order valence-corrected chi connectivity index (χ4v) is 2.78. The van der Waals surface area contributed by atoms with Crippen molar-refractivity contribution in [1.82, 2.24) is 0 Å². The number of benzene rings is 2. The number of halogens is 1. The van der Waals surface area contributed by atoms with E-state index in [0.29, 0.717) is 6.04 Å². The third kappa shape index (κ3) is 4.68. The van der Waals surface area contributed by atoms with Crippen molar-refractivity contribution in [2.45, 2.75) is 38.6 Å². The van der Waals surface area contributed by atoms with Crippen molar-refractivity contribution >= 4 is 21.6 Å². The summed E-state index contributed by atoms with van der Waals surface area (Å²) in [7, 11) is 0. The fraction of sp³-hybridized carbons (Fsp3) is 0.333. The van der Waals surface area contributed by atoms with Crippen LogP contribution >= 0.6 is 15.9 Å². The van der Waals surface area contributed by atoms with E-state index in [2.05, 4.69) is 82.8 Å². The molecule has 106 valence electrons. The molecule has 0 bridgehead atoms. The average molecular weight is 332 g/mol. The number of nitrogens with one attached hydrogen (secondary N) is 1. The third-order valence-corrected chi connectivity index (χ3v) is 3.96. The SMILES string of the molecule is CCCCCC(Nc1cccc(Br)c1)c1ccccc1. The van der Waals surface area contributed by atoms with Crippen molar-refractivity contribution < 1.29 is 0 Å². The maximum absolute atomic E-state index is 3.67. The van der Waals surface area contributed by atoms with E-state index in [4.69, 9.17) is 0 Å². The minimum atomic E-state index is 0.386. The second-order valence-electron chi connectivity index (χ2n) is 5.11. The normalized spacial score (nSPS) is 12.1. The van der Waals surface area contributed by atoms with Gasteiger partial charge in [-0.2, -0.15) is 0 Å². The summed E-state index contributed by atoms with van der Waals surface area (Å²) in [6, 6.07) is 19.5. The first-order valence-electron chi connectivity index (χ1n) is 7.36. The van der Waals surface area contributed by atoms with Crippen molar-refractivity contribution in [2.75, 3.05) is 5.32 Å². The van der Waals surface area contributed by atoms with Gasteiger partial charge < -0.3 is 5.32 Å². The van der Waals surface area contributed by atoms with Gasteiger partial charge in [0.1, 0.15) is 0 Å². The molecule has 0 aliphatic carbocycles. The van der Waals surface area contributed by atoms with Gasteiger partial charge in [0.2, 0.25) is 0 Å². The highest BCUT2D eigenvalue weighted by atomic mass is 79.9. The highest BCUT2D eigenvalue weighted by molar-refractivity contribution is 9.10. The van der Waals surface area contributed by atoms with Crippen LogP contribution in [-0.2, 0) is 0 Å². The first-order chi connectivity index (χ1) is 9.79. The van der Waals surface area contributed by atoms with Gasteiger partial charge in [-0.25, -0.2) is 0 Å². The van der Waals surface area contributed by atoms with E-state index in [1.54, 1.807) is 0 Å². The average Bonchev–Trinajstić information content (AvgIpc) is 2.47. The molecule has 0 saturated carbocycles. The van der Waals surface area contributed by atoms with Crippen LogP contribution in [0.5, 0.6) is 0 Å². The van der Waals surface area contributed by atoms with Crippen molar-refractivity contribution in [3.8, 4) is 0 Å². The number of hydrogen-bond donors (Lipinski definition) is 1. The maximum atomic E-state index is 3.67. The highest BCUT2D eigenvalue weighted by Gasteiger charge is 2.10. The number of rotatable bonds is 7. The molecular formula is C18H22BrN. The fourth-order valence-electron chi connectivity index (χ4n) is 2.39. The van der Waals surface area contributed by atoms with Gasteiger partial charge in [-0.1, -0.05) is 78.5 Å². The summed E-state index contributed by atoms with van der Waals surface area (Å²) in [5.41, 5.74) is 2.54. The van der Waals surface area contributed by atoms with E-state index in [1.807, 2.05) is 0 Å². The van der Waals surface area contributed by atoms with Crippen molar-refractivity contribution in [1.29, 1.82) is 0 Å².